The van der Waals surface area contributed by atoms with Crippen LogP contribution >= 0.6 is 0 Å². The van der Waals surface area contributed by atoms with E-state index in [4.69, 9.17) is 14.2 Å². The molecule has 0 amide bonds. The molecule has 1 atom stereocenters. The zero-order chi connectivity index (χ0) is 46.3. The second kappa shape index (κ2) is 54.4. The smallest absolute Gasteiger partial charge is 0.306 e. The largest absolute Gasteiger partial charge is 0.462 e. The summed E-state index contributed by atoms with van der Waals surface area (Å²) in [6, 6.07) is 0. The van der Waals surface area contributed by atoms with Crippen LogP contribution in [0.25, 0.3) is 0 Å². The van der Waals surface area contributed by atoms with Crippen LogP contribution in [-0.2, 0) is 23.8 Å². The van der Waals surface area contributed by atoms with Crippen LogP contribution in [0.15, 0.2) is 85.1 Å². The molecule has 5 nitrogen and oxygen atoms in total. The highest BCUT2D eigenvalue weighted by atomic mass is 16.6. The van der Waals surface area contributed by atoms with Gasteiger partial charge in [-0.05, 0) is 96.3 Å². The van der Waals surface area contributed by atoms with E-state index in [1.54, 1.807) is 0 Å². The average Bonchev–Trinajstić information content (AvgIpc) is 3.30. The summed E-state index contributed by atoms with van der Waals surface area (Å²) in [5.41, 5.74) is 0. The number of hydrogen-bond donors (Lipinski definition) is 0. The summed E-state index contributed by atoms with van der Waals surface area (Å²) in [4.78, 5) is 25.4. The van der Waals surface area contributed by atoms with Crippen LogP contribution in [-0.4, -0.2) is 37.9 Å². The second-order valence-corrected chi connectivity index (χ2v) is 17.8. The highest BCUT2D eigenvalue weighted by Crippen LogP contribution is 2.15. The molecule has 0 fully saturated rings. The third-order valence-electron chi connectivity index (χ3n) is 11.4. The fraction of sp³-hybridized carbons (Fsp3) is 0.729. The first kappa shape index (κ1) is 61.1. The molecule has 0 saturated carbocycles. The van der Waals surface area contributed by atoms with E-state index in [0.29, 0.717) is 19.4 Å². The third kappa shape index (κ3) is 51.7. The SMILES string of the molecule is CC/C=C\C/C=C\C/C=C\C/C=C\CCCCC(=O)OC[C@@H](COCCCCCCCCCCCCCCCCCC)OC(=O)CCCCCC/C=C\C/C=C\C/C=C\CCCCC. The first-order valence-electron chi connectivity index (χ1n) is 27.1. The minimum absolute atomic E-state index is 0.0532. The van der Waals surface area contributed by atoms with Crippen LogP contribution in [0.5, 0.6) is 0 Å². The maximum absolute atomic E-state index is 12.8. The van der Waals surface area contributed by atoms with E-state index in [9.17, 15) is 9.59 Å². The van der Waals surface area contributed by atoms with Gasteiger partial charge < -0.3 is 14.2 Å². The van der Waals surface area contributed by atoms with Crippen molar-refractivity contribution < 1.29 is 23.8 Å². The second-order valence-electron chi connectivity index (χ2n) is 17.8. The van der Waals surface area contributed by atoms with Crippen LogP contribution < -0.4 is 0 Å². The van der Waals surface area contributed by atoms with Crippen LogP contribution in [0.3, 0.4) is 0 Å². The van der Waals surface area contributed by atoms with Crippen molar-refractivity contribution in [1.29, 1.82) is 0 Å². The highest BCUT2D eigenvalue weighted by Gasteiger charge is 2.17. The van der Waals surface area contributed by atoms with E-state index in [-0.39, 0.29) is 25.2 Å². The van der Waals surface area contributed by atoms with Gasteiger partial charge in [0.25, 0.3) is 0 Å². The number of allylic oxidation sites excluding steroid dienone is 14. The van der Waals surface area contributed by atoms with E-state index in [2.05, 4.69) is 106 Å². The molecule has 0 aliphatic heterocycles. The molecule has 0 aliphatic rings. The van der Waals surface area contributed by atoms with Crippen molar-refractivity contribution in [2.45, 2.75) is 258 Å². The van der Waals surface area contributed by atoms with Gasteiger partial charge in [0, 0.05) is 19.4 Å². The third-order valence-corrected chi connectivity index (χ3v) is 11.4. The molecule has 0 aromatic carbocycles. The zero-order valence-corrected chi connectivity index (χ0v) is 42.3. The predicted octanol–water partition coefficient (Wildman–Crippen LogP) is 18.5. The summed E-state index contributed by atoms with van der Waals surface area (Å²) < 4.78 is 17.4. The van der Waals surface area contributed by atoms with Gasteiger partial charge in [-0.3, -0.25) is 9.59 Å². The molecule has 0 heterocycles. The standard InChI is InChI=1S/C59H102O5/c1-4-7-10-13-16-19-22-25-28-30-32-35-38-41-44-47-50-53-59(61)64-57(55-62-54-51-48-45-42-39-36-33-29-26-23-20-17-14-11-8-5-2)56-63-58(60)52-49-46-43-40-37-34-31-27-24-21-18-15-12-9-6-3/h9,12,16,18-19,21,25,27-28,31-32,35,37,40,57H,4-8,10-11,13-15,17,20,22-24,26,29-30,33-34,36,38-39,41-56H2,1-3H3/b12-9-,19-16-,21-18-,28-25-,31-27-,35-32-,40-37-/t57-/m1/s1. The summed E-state index contributed by atoms with van der Waals surface area (Å²) in [5.74, 6) is -0.466. The number of unbranched alkanes of at least 4 members (excludes halogenated alkanes) is 24. The first-order valence-corrected chi connectivity index (χ1v) is 27.1. The summed E-state index contributed by atoms with van der Waals surface area (Å²) in [6.07, 6.45) is 71.7. The van der Waals surface area contributed by atoms with Crippen LogP contribution in [0.2, 0.25) is 0 Å². The van der Waals surface area contributed by atoms with E-state index in [1.165, 1.54) is 116 Å². The normalized spacial score (nSPS) is 12.9. The van der Waals surface area contributed by atoms with Crippen molar-refractivity contribution in [2.24, 2.45) is 0 Å². The van der Waals surface area contributed by atoms with Crippen molar-refractivity contribution in [3.8, 4) is 0 Å². The molecule has 0 aromatic heterocycles. The van der Waals surface area contributed by atoms with Gasteiger partial charge in [0.1, 0.15) is 6.61 Å². The van der Waals surface area contributed by atoms with Crippen molar-refractivity contribution in [1.82, 2.24) is 0 Å². The van der Waals surface area contributed by atoms with E-state index >= 15 is 0 Å². The first-order chi connectivity index (χ1) is 31.6. The molecule has 64 heavy (non-hydrogen) atoms. The Morgan fingerprint density at radius 3 is 1.19 bits per heavy atom. The summed E-state index contributed by atoms with van der Waals surface area (Å²) >= 11 is 0. The molecule has 0 unspecified atom stereocenters. The number of ether oxygens (including phenoxy) is 3. The molecular formula is C59H102O5. The van der Waals surface area contributed by atoms with Gasteiger partial charge >= 0.3 is 11.9 Å². The van der Waals surface area contributed by atoms with Crippen LogP contribution in [0, 0.1) is 0 Å². The summed E-state index contributed by atoms with van der Waals surface area (Å²) in [6.45, 7) is 7.64. The maximum atomic E-state index is 12.8. The Kier molecular flexibility index (Phi) is 51.9. The Balaban J connectivity index is 4.37. The van der Waals surface area contributed by atoms with Gasteiger partial charge in [-0.25, -0.2) is 0 Å². The molecule has 0 spiro atoms. The van der Waals surface area contributed by atoms with Crippen LogP contribution in [0.1, 0.15) is 252 Å². The molecule has 0 radical (unpaired) electrons. The molecule has 0 N–H and O–H groups in total. The lowest BCUT2D eigenvalue weighted by molar-refractivity contribution is -0.163. The molecular weight excluding hydrogens is 789 g/mol. The predicted molar refractivity (Wildman–Crippen MR) is 279 cm³/mol. The van der Waals surface area contributed by atoms with Gasteiger partial charge in [-0.2, -0.15) is 0 Å². The van der Waals surface area contributed by atoms with Crippen molar-refractivity contribution in [3.05, 3.63) is 85.1 Å². The van der Waals surface area contributed by atoms with Gasteiger partial charge in [-0.15, -0.1) is 0 Å². The average molecular weight is 891 g/mol. The Morgan fingerprint density at radius 2 is 0.703 bits per heavy atom. The monoisotopic (exact) mass is 891 g/mol. The summed E-state index contributed by atoms with van der Waals surface area (Å²) in [5, 5.41) is 0. The van der Waals surface area contributed by atoms with Gasteiger partial charge in [-0.1, -0.05) is 228 Å². The maximum Gasteiger partial charge on any atom is 0.306 e. The fourth-order valence-corrected chi connectivity index (χ4v) is 7.39. The molecule has 0 aliphatic carbocycles. The van der Waals surface area contributed by atoms with E-state index in [0.717, 1.165) is 103 Å². The number of esters is 2. The molecule has 0 bridgehead atoms. The van der Waals surface area contributed by atoms with E-state index in [1.807, 2.05) is 0 Å². The van der Waals surface area contributed by atoms with Crippen LogP contribution in [0.4, 0.5) is 0 Å². The molecule has 5 heteroatoms. The minimum Gasteiger partial charge on any atom is -0.462 e. The van der Waals surface area contributed by atoms with Crippen molar-refractivity contribution in [2.75, 3.05) is 19.8 Å². The molecule has 0 saturated heterocycles. The quantitative estimate of drug-likeness (QED) is 0.0346. The lowest BCUT2D eigenvalue weighted by atomic mass is 10.0. The molecule has 0 aromatic rings. The number of rotatable bonds is 49. The topological polar surface area (TPSA) is 61.8 Å². The van der Waals surface area contributed by atoms with Gasteiger partial charge in [0.05, 0.1) is 6.61 Å². The Labute approximate surface area is 397 Å². The Morgan fingerprint density at radius 1 is 0.359 bits per heavy atom. The summed E-state index contributed by atoms with van der Waals surface area (Å²) in [7, 11) is 0. The lowest BCUT2D eigenvalue weighted by Crippen LogP contribution is -2.30. The van der Waals surface area contributed by atoms with Gasteiger partial charge in [0.15, 0.2) is 6.10 Å². The minimum atomic E-state index is -0.567. The van der Waals surface area contributed by atoms with Crippen molar-refractivity contribution in [3.63, 3.8) is 0 Å². The number of hydrogen-bond acceptors (Lipinski definition) is 5. The molecule has 368 valence electrons. The Bertz CT molecular complexity index is 1190. The van der Waals surface area contributed by atoms with Gasteiger partial charge in [0.2, 0.25) is 0 Å². The number of carbonyl (C=O) groups is 2. The number of carbonyl (C=O) groups excluding carboxylic acids is 2. The molecule has 0 rings (SSSR count). The zero-order valence-electron chi connectivity index (χ0n) is 42.3. The fourth-order valence-electron chi connectivity index (χ4n) is 7.39. The lowest BCUT2D eigenvalue weighted by Gasteiger charge is -2.18. The highest BCUT2D eigenvalue weighted by molar-refractivity contribution is 5.70. The van der Waals surface area contributed by atoms with Crippen molar-refractivity contribution >= 4 is 11.9 Å². The van der Waals surface area contributed by atoms with E-state index < -0.39 is 6.10 Å². The Hall–Kier alpha value is -2.92.